The monoisotopic (exact) mass is 311 g/mol. The fraction of sp³-hybridized carbons (Fsp3) is 0.357. The lowest BCUT2D eigenvalue weighted by Gasteiger charge is -2.22. The summed E-state index contributed by atoms with van der Waals surface area (Å²) in [6.07, 6.45) is 2.09. The van der Waals surface area contributed by atoms with Gasteiger partial charge >= 0.3 is 0 Å². The molecular weight excluding hydrogens is 297 g/mol. The van der Waals surface area contributed by atoms with Crippen LogP contribution in [0.1, 0.15) is 24.5 Å². The lowest BCUT2D eigenvalue weighted by Crippen LogP contribution is -2.16. The molecule has 1 saturated heterocycles. The zero-order chi connectivity index (χ0) is 14.1. The van der Waals surface area contributed by atoms with Crippen molar-refractivity contribution >= 4 is 29.0 Å². The van der Waals surface area contributed by atoms with Crippen LogP contribution in [0.2, 0.25) is 10.0 Å². The summed E-state index contributed by atoms with van der Waals surface area (Å²) in [6, 6.07) is 5.39. The molecule has 1 aliphatic rings. The number of benzene rings is 1. The topological polar surface area (TPSA) is 63.9 Å². The molecule has 0 saturated carbocycles. The summed E-state index contributed by atoms with van der Waals surface area (Å²) in [5, 5.41) is 8.35. The summed E-state index contributed by atoms with van der Waals surface area (Å²) in [5.41, 5.74) is 8.72. The Labute approximate surface area is 127 Å². The first-order chi connectivity index (χ1) is 9.66. The number of nitrogens with two attached hydrogens (primary N) is 1. The smallest absolute Gasteiger partial charge is 0.153 e. The molecule has 0 bridgehead atoms. The molecule has 1 aliphatic heterocycles. The maximum Gasteiger partial charge on any atom is 0.153 e. The van der Waals surface area contributed by atoms with E-state index in [9.17, 15) is 0 Å². The van der Waals surface area contributed by atoms with E-state index in [0.29, 0.717) is 22.5 Å². The van der Waals surface area contributed by atoms with Crippen LogP contribution in [0.3, 0.4) is 0 Å². The van der Waals surface area contributed by atoms with Gasteiger partial charge in [0.05, 0.1) is 17.3 Å². The van der Waals surface area contributed by atoms with Gasteiger partial charge in [0.15, 0.2) is 5.82 Å². The van der Waals surface area contributed by atoms with Crippen LogP contribution >= 0.6 is 23.2 Å². The van der Waals surface area contributed by atoms with Crippen molar-refractivity contribution in [1.29, 1.82) is 0 Å². The van der Waals surface area contributed by atoms with Crippen molar-refractivity contribution in [1.82, 2.24) is 10.2 Å². The van der Waals surface area contributed by atoms with Crippen molar-refractivity contribution in [2.24, 2.45) is 0 Å². The number of hydrogen-bond donors (Lipinski definition) is 2. The van der Waals surface area contributed by atoms with Gasteiger partial charge in [-0.05, 0) is 25.0 Å². The third kappa shape index (κ3) is 2.51. The van der Waals surface area contributed by atoms with Crippen LogP contribution in [0, 0.1) is 0 Å². The number of nitrogen functional groups attached to an aromatic ring is 1. The van der Waals surface area contributed by atoms with E-state index < -0.39 is 0 Å². The van der Waals surface area contributed by atoms with Crippen LogP contribution in [-0.4, -0.2) is 23.4 Å². The molecule has 2 heterocycles. The quantitative estimate of drug-likeness (QED) is 0.885. The van der Waals surface area contributed by atoms with Crippen LogP contribution in [0.15, 0.2) is 18.2 Å². The van der Waals surface area contributed by atoms with Gasteiger partial charge in [-0.3, -0.25) is 5.10 Å². The Morgan fingerprint density at radius 1 is 1.35 bits per heavy atom. The second-order valence-corrected chi connectivity index (χ2v) is 5.78. The molecule has 0 radical (unpaired) electrons. The Balaban J connectivity index is 2.06. The normalized spacial score (nSPS) is 19.2. The minimum absolute atomic E-state index is 0.273. The highest BCUT2D eigenvalue weighted by Gasteiger charge is 2.24. The largest absolute Gasteiger partial charge is 0.382 e. The van der Waals surface area contributed by atoms with Crippen molar-refractivity contribution in [3.05, 3.63) is 33.9 Å². The SMILES string of the molecule is Nc1n[nH]c(C2CCCOC2)c1-c1ccc(Cl)cc1Cl. The number of nitrogens with zero attached hydrogens (tertiary/aromatic N) is 1. The Morgan fingerprint density at radius 3 is 2.90 bits per heavy atom. The molecule has 1 aromatic carbocycles. The third-order valence-corrected chi connectivity index (χ3v) is 4.14. The number of anilines is 1. The number of H-pyrrole nitrogens is 1. The fourth-order valence-corrected chi connectivity index (χ4v) is 3.11. The van der Waals surface area contributed by atoms with Crippen LogP contribution in [-0.2, 0) is 4.74 Å². The molecule has 1 unspecified atom stereocenters. The maximum atomic E-state index is 6.29. The van der Waals surface area contributed by atoms with Crippen molar-refractivity contribution in [3.63, 3.8) is 0 Å². The van der Waals surface area contributed by atoms with Crippen molar-refractivity contribution < 1.29 is 4.74 Å². The number of ether oxygens (including phenoxy) is 1. The van der Waals surface area contributed by atoms with Gasteiger partial charge in [0.25, 0.3) is 0 Å². The first-order valence-corrected chi connectivity index (χ1v) is 7.29. The molecule has 0 aliphatic carbocycles. The lowest BCUT2D eigenvalue weighted by atomic mass is 9.92. The highest BCUT2D eigenvalue weighted by Crippen LogP contribution is 2.39. The predicted molar refractivity (Wildman–Crippen MR) is 81.3 cm³/mol. The number of aromatic amines is 1. The van der Waals surface area contributed by atoms with Gasteiger partial charge in [-0.25, -0.2) is 0 Å². The van der Waals surface area contributed by atoms with Crippen LogP contribution in [0.25, 0.3) is 11.1 Å². The first-order valence-electron chi connectivity index (χ1n) is 6.53. The van der Waals surface area contributed by atoms with E-state index >= 15 is 0 Å². The van der Waals surface area contributed by atoms with E-state index in [4.69, 9.17) is 33.7 Å². The second kappa shape index (κ2) is 5.64. The summed E-state index contributed by atoms with van der Waals surface area (Å²) in [7, 11) is 0. The van der Waals surface area contributed by atoms with Gasteiger partial charge in [-0.2, -0.15) is 5.10 Å². The zero-order valence-electron chi connectivity index (χ0n) is 10.8. The molecule has 20 heavy (non-hydrogen) atoms. The lowest BCUT2D eigenvalue weighted by molar-refractivity contribution is 0.0794. The number of aromatic nitrogens is 2. The summed E-state index contributed by atoms with van der Waals surface area (Å²) in [4.78, 5) is 0. The highest BCUT2D eigenvalue weighted by molar-refractivity contribution is 6.36. The highest BCUT2D eigenvalue weighted by atomic mass is 35.5. The van der Waals surface area contributed by atoms with Gasteiger partial charge in [0.1, 0.15) is 0 Å². The van der Waals surface area contributed by atoms with Gasteiger partial charge in [-0.15, -0.1) is 0 Å². The molecule has 106 valence electrons. The second-order valence-electron chi connectivity index (χ2n) is 4.94. The van der Waals surface area contributed by atoms with Gasteiger partial charge in [0, 0.05) is 28.7 Å². The average molecular weight is 312 g/mol. The third-order valence-electron chi connectivity index (χ3n) is 3.59. The summed E-state index contributed by atoms with van der Waals surface area (Å²) >= 11 is 12.2. The summed E-state index contributed by atoms with van der Waals surface area (Å²) in [5.74, 6) is 0.727. The Morgan fingerprint density at radius 2 is 2.20 bits per heavy atom. The predicted octanol–water partition coefficient (Wildman–Crippen LogP) is 3.86. The minimum atomic E-state index is 0.273. The van der Waals surface area contributed by atoms with Crippen LogP contribution in [0.4, 0.5) is 5.82 Å². The molecule has 6 heteroatoms. The molecule has 4 nitrogen and oxygen atoms in total. The molecule has 0 amide bonds. The van der Waals surface area contributed by atoms with E-state index in [1.54, 1.807) is 12.1 Å². The maximum absolute atomic E-state index is 6.29. The zero-order valence-corrected chi connectivity index (χ0v) is 12.3. The van der Waals surface area contributed by atoms with Crippen LogP contribution in [0.5, 0.6) is 0 Å². The van der Waals surface area contributed by atoms with Gasteiger partial charge in [-0.1, -0.05) is 29.3 Å². The number of nitrogens with one attached hydrogen (secondary N) is 1. The Kier molecular flexibility index (Phi) is 3.87. The Bertz CT molecular complexity index is 621. The van der Waals surface area contributed by atoms with E-state index in [1.807, 2.05) is 6.07 Å². The van der Waals surface area contributed by atoms with Crippen molar-refractivity contribution in [2.45, 2.75) is 18.8 Å². The molecule has 1 atom stereocenters. The summed E-state index contributed by atoms with van der Waals surface area (Å²) in [6.45, 7) is 1.50. The average Bonchev–Trinajstić information content (AvgIpc) is 2.82. The minimum Gasteiger partial charge on any atom is -0.382 e. The fourth-order valence-electron chi connectivity index (χ4n) is 2.61. The molecular formula is C14H15Cl2N3O. The van der Waals surface area contributed by atoms with Gasteiger partial charge < -0.3 is 10.5 Å². The molecule has 3 N–H and O–H groups in total. The Hall–Kier alpha value is -1.23. The molecule has 0 spiro atoms. The molecule has 1 aromatic heterocycles. The number of rotatable bonds is 2. The number of hydrogen-bond acceptors (Lipinski definition) is 3. The van der Waals surface area contributed by atoms with Crippen molar-refractivity contribution in [3.8, 4) is 11.1 Å². The molecule has 1 fully saturated rings. The standard InChI is InChI=1S/C14H15Cl2N3O/c15-9-3-4-10(11(16)6-9)12-13(18-19-14(12)17)8-2-1-5-20-7-8/h3-4,6,8H,1-2,5,7H2,(H3,17,18,19). The van der Waals surface area contributed by atoms with E-state index in [0.717, 1.165) is 36.3 Å². The first kappa shape index (κ1) is 13.7. The van der Waals surface area contributed by atoms with E-state index in [2.05, 4.69) is 10.2 Å². The molecule has 3 rings (SSSR count). The van der Waals surface area contributed by atoms with Gasteiger partial charge in [0.2, 0.25) is 0 Å². The molecule has 2 aromatic rings. The van der Waals surface area contributed by atoms with E-state index in [-0.39, 0.29) is 5.92 Å². The van der Waals surface area contributed by atoms with E-state index in [1.165, 1.54) is 0 Å². The van der Waals surface area contributed by atoms with Crippen molar-refractivity contribution in [2.75, 3.05) is 18.9 Å². The van der Waals surface area contributed by atoms with Crippen LogP contribution < -0.4 is 5.73 Å². The summed E-state index contributed by atoms with van der Waals surface area (Å²) < 4.78 is 5.54. The number of halogens is 2.